The Morgan fingerprint density at radius 3 is 2.67 bits per heavy atom. The zero-order chi connectivity index (χ0) is 10.9. The predicted molar refractivity (Wildman–Crippen MR) is 60.7 cm³/mol. The van der Waals surface area contributed by atoms with Crippen LogP contribution in [0.15, 0.2) is 0 Å². The maximum atomic E-state index is 9.42. The van der Waals surface area contributed by atoms with Crippen molar-refractivity contribution in [3.05, 3.63) is 0 Å². The van der Waals surface area contributed by atoms with Gasteiger partial charge in [0.2, 0.25) is 0 Å². The van der Waals surface area contributed by atoms with E-state index in [0.29, 0.717) is 5.92 Å². The van der Waals surface area contributed by atoms with Crippen LogP contribution in [-0.2, 0) is 4.74 Å². The van der Waals surface area contributed by atoms with Crippen molar-refractivity contribution in [2.75, 3.05) is 6.61 Å². The van der Waals surface area contributed by atoms with E-state index >= 15 is 0 Å². The Bertz CT molecular complexity index is 209. The van der Waals surface area contributed by atoms with Crippen LogP contribution in [0.4, 0.5) is 0 Å². The van der Waals surface area contributed by atoms with Crippen molar-refractivity contribution in [1.29, 1.82) is 0 Å². The minimum Gasteiger partial charge on any atom is -0.393 e. The van der Waals surface area contributed by atoms with Gasteiger partial charge in [-0.25, -0.2) is 0 Å². The smallest absolute Gasteiger partial charge is 0.0685 e. The van der Waals surface area contributed by atoms with Gasteiger partial charge in [0.05, 0.1) is 11.7 Å². The molecule has 3 unspecified atom stereocenters. The lowest BCUT2D eigenvalue weighted by molar-refractivity contribution is -0.150. The first kappa shape index (κ1) is 11.4. The van der Waals surface area contributed by atoms with Gasteiger partial charge in [-0.15, -0.1) is 0 Å². The second kappa shape index (κ2) is 4.42. The summed E-state index contributed by atoms with van der Waals surface area (Å²) in [5.41, 5.74) is 0.260. The number of hydrogen-bond acceptors (Lipinski definition) is 2. The second-order valence-corrected chi connectivity index (χ2v) is 5.70. The van der Waals surface area contributed by atoms with Gasteiger partial charge in [0.1, 0.15) is 0 Å². The highest BCUT2D eigenvalue weighted by molar-refractivity contribution is 4.94. The van der Waals surface area contributed by atoms with Gasteiger partial charge in [0.15, 0.2) is 0 Å². The molecule has 88 valence electrons. The Hall–Kier alpha value is -0.0800. The molecule has 1 spiro atoms. The van der Waals surface area contributed by atoms with Crippen molar-refractivity contribution in [2.45, 2.75) is 64.1 Å². The van der Waals surface area contributed by atoms with Crippen LogP contribution in [0.5, 0.6) is 0 Å². The van der Waals surface area contributed by atoms with E-state index in [4.69, 9.17) is 4.74 Å². The Labute approximate surface area is 93.0 Å². The first-order chi connectivity index (χ1) is 7.11. The predicted octanol–water partition coefficient (Wildman–Crippen LogP) is 2.74. The van der Waals surface area contributed by atoms with E-state index in [1.54, 1.807) is 0 Å². The minimum absolute atomic E-state index is 0.153. The molecule has 15 heavy (non-hydrogen) atoms. The summed E-state index contributed by atoms with van der Waals surface area (Å²) in [7, 11) is 0. The summed E-state index contributed by atoms with van der Waals surface area (Å²) in [6.45, 7) is 5.12. The summed E-state index contributed by atoms with van der Waals surface area (Å²) >= 11 is 0. The van der Waals surface area contributed by atoms with Gasteiger partial charge >= 0.3 is 0 Å². The van der Waals surface area contributed by atoms with E-state index in [2.05, 4.69) is 6.92 Å². The SMILES string of the molecule is CC(O)CC(C)C1CCOC2(CCC2)C1. The molecule has 1 aliphatic heterocycles. The molecule has 2 fully saturated rings. The van der Waals surface area contributed by atoms with Crippen molar-refractivity contribution in [1.82, 2.24) is 0 Å². The zero-order valence-electron chi connectivity index (χ0n) is 10.0. The second-order valence-electron chi connectivity index (χ2n) is 5.70. The number of rotatable bonds is 3. The molecule has 1 aliphatic carbocycles. The van der Waals surface area contributed by atoms with Crippen molar-refractivity contribution >= 4 is 0 Å². The minimum atomic E-state index is -0.153. The number of hydrogen-bond donors (Lipinski definition) is 1. The third kappa shape index (κ3) is 2.54. The van der Waals surface area contributed by atoms with Crippen LogP contribution in [-0.4, -0.2) is 23.4 Å². The van der Waals surface area contributed by atoms with Gasteiger partial charge in [0.25, 0.3) is 0 Å². The first-order valence-electron chi connectivity index (χ1n) is 6.43. The van der Waals surface area contributed by atoms with Crippen LogP contribution in [0.2, 0.25) is 0 Å². The van der Waals surface area contributed by atoms with Gasteiger partial charge in [-0.05, 0) is 57.3 Å². The van der Waals surface area contributed by atoms with Crippen molar-refractivity contribution in [2.24, 2.45) is 11.8 Å². The van der Waals surface area contributed by atoms with Gasteiger partial charge in [-0.3, -0.25) is 0 Å². The van der Waals surface area contributed by atoms with E-state index in [1.165, 1.54) is 32.1 Å². The van der Waals surface area contributed by atoms with Crippen LogP contribution >= 0.6 is 0 Å². The number of ether oxygens (including phenoxy) is 1. The lowest BCUT2D eigenvalue weighted by atomic mass is 9.69. The van der Waals surface area contributed by atoms with Crippen LogP contribution < -0.4 is 0 Å². The Balaban J connectivity index is 1.86. The standard InChI is InChI=1S/C13H24O2/c1-10(8-11(2)14)12-4-7-15-13(9-12)5-3-6-13/h10-12,14H,3-9H2,1-2H3. The average molecular weight is 212 g/mol. The van der Waals surface area contributed by atoms with Crippen LogP contribution in [0.1, 0.15) is 52.4 Å². The highest BCUT2D eigenvalue weighted by Gasteiger charge is 2.43. The molecule has 0 bridgehead atoms. The molecular weight excluding hydrogens is 188 g/mol. The highest BCUT2D eigenvalue weighted by Crippen LogP contribution is 2.46. The molecule has 2 aliphatic rings. The molecule has 1 N–H and O–H groups in total. The maximum Gasteiger partial charge on any atom is 0.0685 e. The van der Waals surface area contributed by atoms with Crippen LogP contribution in [0.25, 0.3) is 0 Å². The largest absolute Gasteiger partial charge is 0.393 e. The molecular formula is C13H24O2. The third-order valence-corrected chi connectivity index (χ3v) is 4.31. The van der Waals surface area contributed by atoms with Crippen molar-refractivity contribution in [3.8, 4) is 0 Å². The van der Waals surface area contributed by atoms with Crippen molar-refractivity contribution < 1.29 is 9.84 Å². The van der Waals surface area contributed by atoms with E-state index in [-0.39, 0.29) is 11.7 Å². The van der Waals surface area contributed by atoms with Gasteiger partial charge in [-0.1, -0.05) is 6.92 Å². The maximum absolute atomic E-state index is 9.42. The molecule has 2 nitrogen and oxygen atoms in total. The molecule has 0 amide bonds. The fourth-order valence-corrected chi connectivity index (χ4v) is 3.20. The molecule has 3 atom stereocenters. The molecule has 0 aromatic rings. The molecule has 1 heterocycles. The summed E-state index contributed by atoms with van der Waals surface area (Å²) < 4.78 is 5.92. The lowest BCUT2D eigenvalue weighted by Crippen LogP contribution is -2.46. The van der Waals surface area contributed by atoms with Gasteiger partial charge < -0.3 is 9.84 Å². The Morgan fingerprint density at radius 1 is 1.40 bits per heavy atom. The van der Waals surface area contributed by atoms with Gasteiger partial charge in [-0.2, -0.15) is 0 Å². The van der Waals surface area contributed by atoms with E-state index < -0.39 is 0 Å². The summed E-state index contributed by atoms with van der Waals surface area (Å²) in [6.07, 6.45) is 7.10. The number of aliphatic hydroxyl groups is 1. The molecule has 1 saturated carbocycles. The number of aliphatic hydroxyl groups excluding tert-OH is 1. The molecule has 0 aromatic heterocycles. The van der Waals surface area contributed by atoms with Gasteiger partial charge in [0, 0.05) is 6.61 Å². The van der Waals surface area contributed by atoms with Crippen LogP contribution in [0, 0.1) is 11.8 Å². The Kier molecular flexibility index (Phi) is 3.36. The summed E-state index contributed by atoms with van der Waals surface area (Å²) in [5, 5.41) is 9.42. The zero-order valence-corrected chi connectivity index (χ0v) is 10.0. The Morgan fingerprint density at radius 2 is 2.13 bits per heavy atom. The molecule has 2 rings (SSSR count). The first-order valence-corrected chi connectivity index (χ1v) is 6.43. The quantitative estimate of drug-likeness (QED) is 0.779. The fourth-order valence-electron chi connectivity index (χ4n) is 3.20. The van der Waals surface area contributed by atoms with Crippen LogP contribution in [0.3, 0.4) is 0 Å². The van der Waals surface area contributed by atoms with E-state index in [9.17, 15) is 5.11 Å². The summed E-state index contributed by atoms with van der Waals surface area (Å²) in [4.78, 5) is 0. The molecule has 2 heteroatoms. The fraction of sp³-hybridized carbons (Fsp3) is 1.00. The monoisotopic (exact) mass is 212 g/mol. The molecule has 1 saturated heterocycles. The highest BCUT2D eigenvalue weighted by atomic mass is 16.5. The molecule has 0 aromatic carbocycles. The molecule has 0 radical (unpaired) electrons. The van der Waals surface area contributed by atoms with Crippen molar-refractivity contribution in [3.63, 3.8) is 0 Å². The topological polar surface area (TPSA) is 29.5 Å². The summed E-state index contributed by atoms with van der Waals surface area (Å²) in [5.74, 6) is 1.42. The average Bonchev–Trinajstić information content (AvgIpc) is 2.14. The third-order valence-electron chi connectivity index (χ3n) is 4.31. The normalized spacial score (nSPS) is 33.4. The summed E-state index contributed by atoms with van der Waals surface area (Å²) in [6, 6.07) is 0. The lowest BCUT2D eigenvalue weighted by Gasteiger charge is -2.48. The van der Waals surface area contributed by atoms with E-state index in [1.807, 2.05) is 6.92 Å². The van der Waals surface area contributed by atoms with E-state index in [0.717, 1.165) is 18.9 Å².